The Morgan fingerprint density at radius 2 is 1.62 bits per heavy atom. The fraction of sp³-hybridized carbons (Fsp3) is 0.417. The molecule has 256 valence electrons. The molecule has 1 aliphatic heterocycles. The number of benzene rings is 3. The number of rotatable bonds is 14. The van der Waals surface area contributed by atoms with E-state index in [1.807, 2.05) is 69.3 Å². The van der Waals surface area contributed by atoms with Crippen LogP contribution in [-0.4, -0.2) is 82.5 Å². The summed E-state index contributed by atoms with van der Waals surface area (Å²) in [6.45, 7) is 5.53. The lowest BCUT2D eigenvalue weighted by Crippen LogP contribution is -2.59. The summed E-state index contributed by atoms with van der Waals surface area (Å²) in [5.41, 5.74) is 6.47. The number of hydrogen-bond acceptors (Lipinski definition) is 7. The minimum Gasteiger partial charge on any atom is -0.381 e. The molecule has 5 amide bonds. The number of hydrogen-bond donors (Lipinski definition) is 5. The largest absolute Gasteiger partial charge is 0.381 e. The normalized spacial score (nSPS) is 16.5. The van der Waals surface area contributed by atoms with Gasteiger partial charge in [0.1, 0.15) is 18.7 Å². The highest BCUT2D eigenvalue weighted by Gasteiger charge is 2.40. The molecule has 0 spiro atoms. The van der Waals surface area contributed by atoms with Crippen molar-refractivity contribution in [3.05, 3.63) is 83.9 Å². The first-order valence-corrected chi connectivity index (χ1v) is 16.1. The van der Waals surface area contributed by atoms with Gasteiger partial charge in [-0.3, -0.25) is 24.0 Å². The molecule has 1 fully saturated rings. The molecule has 3 aromatic rings. The Kier molecular flexibility index (Phi) is 12.3. The molecule has 0 aliphatic carbocycles. The van der Waals surface area contributed by atoms with Gasteiger partial charge >= 0.3 is 0 Å². The Hall–Kier alpha value is -4.81. The summed E-state index contributed by atoms with van der Waals surface area (Å²) in [7, 11) is 0. The SMILES string of the molecule is CC(C)(C)NC(=O)[C@@H]1CCCN1C(=O)[C@@H](O)[C@H](Cc1ccccc1)NC(=O)[C@H](CC(N)=O)NC(=O)COCc1ccc2ccccc2c1. The van der Waals surface area contributed by atoms with Crippen LogP contribution in [0.3, 0.4) is 0 Å². The highest BCUT2D eigenvalue weighted by atomic mass is 16.5. The summed E-state index contributed by atoms with van der Waals surface area (Å²) >= 11 is 0. The second kappa shape index (κ2) is 16.3. The number of carbonyl (C=O) groups excluding carboxylic acids is 5. The summed E-state index contributed by atoms with van der Waals surface area (Å²) in [6.07, 6.45) is -1.19. The number of nitrogens with one attached hydrogen (secondary N) is 3. The quantitative estimate of drug-likeness (QED) is 0.175. The molecule has 1 heterocycles. The monoisotopic (exact) mass is 659 g/mol. The number of carbonyl (C=O) groups is 5. The van der Waals surface area contributed by atoms with E-state index < -0.39 is 66.4 Å². The maximum Gasteiger partial charge on any atom is 0.254 e. The smallest absolute Gasteiger partial charge is 0.254 e. The molecule has 3 aromatic carbocycles. The van der Waals surface area contributed by atoms with Crippen LogP contribution in [-0.2, 0) is 41.7 Å². The zero-order valence-corrected chi connectivity index (χ0v) is 27.6. The first kappa shape index (κ1) is 36.0. The highest BCUT2D eigenvalue weighted by molar-refractivity contribution is 5.94. The minimum atomic E-state index is -1.73. The zero-order valence-electron chi connectivity index (χ0n) is 27.6. The molecule has 4 rings (SSSR count). The van der Waals surface area contributed by atoms with Crippen molar-refractivity contribution in [2.45, 2.75) is 82.8 Å². The van der Waals surface area contributed by atoms with Gasteiger partial charge in [0.2, 0.25) is 23.6 Å². The van der Waals surface area contributed by atoms with Crippen molar-refractivity contribution < 1.29 is 33.8 Å². The Labute approximate surface area is 280 Å². The second-order valence-electron chi connectivity index (χ2n) is 13.1. The van der Waals surface area contributed by atoms with Crippen molar-refractivity contribution in [2.75, 3.05) is 13.2 Å². The van der Waals surface area contributed by atoms with E-state index in [0.717, 1.165) is 21.9 Å². The van der Waals surface area contributed by atoms with E-state index in [4.69, 9.17) is 10.5 Å². The molecule has 1 aliphatic rings. The predicted octanol–water partition coefficient (Wildman–Crippen LogP) is 1.71. The maximum absolute atomic E-state index is 13.7. The summed E-state index contributed by atoms with van der Waals surface area (Å²) in [5.74, 6) is -3.34. The Morgan fingerprint density at radius 1 is 0.938 bits per heavy atom. The number of ether oxygens (including phenoxy) is 1. The molecule has 1 saturated heterocycles. The van der Waals surface area contributed by atoms with Gasteiger partial charge in [-0.15, -0.1) is 0 Å². The van der Waals surface area contributed by atoms with Crippen LogP contribution in [0.15, 0.2) is 72.8 Å². The molecular weight excluding hydrogens is 614 g/mol. The minimum absolute atomic E-state index is 0.0539. The molecule has 48 heavy (non-hydrogen) atoms. The molecule has 0 radical (unpaired) electrons. The summed E-state index contributed by atoms with van der Waals surface area (Å²) < 4.78 is 5.58. The van der Waals surface area contributed by atoms with Crippen LogP contribution in [0.1, 0.15) is 51.2 Å². The molecule has 0 aromatic heterocycles. The molecule has 6 N–H and O–H groups in total. The van der Waals surface area contributed by atoms with Gasteiger partial charge in [0.15, 0.2) is 6.10 Å². The van der Waals surface area contributed by atoms with Crippen LogP contribution >= 0.6 is 0 Å². The van der Waals surface area contributed by atoms with Gasteiger partial charge in [0.25, 0.3) is 5.91 Å². The lowest BCUT2D eigenvalue weighted by molar-refractivity contribution is -0.147. The van der Waals surface area contributed by atoms with E-state index in [1.54, 1.807) is 24.3 Å². The summed E-state index contributed by atoms with van der Waals surface area (Å²) in [5, 5.41) is 21.5. The van der Waals surface area contributed by atoms with Gasteiger partial charge in [-0.1, -0.05) is 66.7 Å². The molecule has 0 unspecified atom stereocenters. The third-order valence-corrected chi connectivity index (χ3v) is 7.97. The zero-order chi connectivity index (χ0) is 34.8. The average molecular weight is 660 g/mol. The van der Waals surface area contributed by atoms with Crippen LogP contribution in [0.5, 0.6) is 0 Å². The molecule has 12 heteroatoms. The molecule has 0 bridgehead atoms. The number of fused-ring (bicyclic) bond motifs is 1. The van der Waals surface area contributed by atoms with E-state index in [-0.39, 0.29) is 25.5 Å². The van der Waals surface area contributed by atoms with Crippen LogP contribution < -0.4 is 21.7 Å². The van der Waals surface area contributed by atoms with Crippen molar-refractivity contribution in [1.82, 2.24) is 20.9 Å². The third-order valence-electron chi connectivity index (χ3n) is 7.97. The summed E-state index contributed by atoms with van der Waals surface area (Å²) in [6, 6.07) is 19.3. The van der Waals surface area contributed by atoms with Gasteiger partial charge in [-0.25, -0.2) is 0 Å². The third kappa shape index (κ3) is 10.3. The van der Waals surface area contributed by atoms with Crippen LogP contribution in [0.2, 0.25) is 0 Å². The van der Waals surface area contributed by atoms with Crippen molar-refractivity contribution in [3.63, 3.8) is 0 Å². The Balaban J connectivity index is 1.43. The molecule has 4 atom stereocenters. The molecular formula is C36H45N5O7. The second-order valence-corrected chi connectivity index (χ2v) is 13.1. The van der Waals surface area contributed by atoms with Crippen molar-refractivity contribution >= 4 is 40.3 Å². The lowest BCUT2D eigenvalue weighted by atomic mass is 9.99. The van der Waals surface area contributed by atoms with E-state index >= 15 is 0 Å². The van der Waals surface area contributed by atoms with Gasteiger partial charge in [0.05, 0.1) is 19.1 Å². The number of primary amides is 1. The van der Waals surface area contributed by atoms with Crippen LogP contribution in [0.4, 0.5) is 0 Å². The van der Waals surface area contributed by atoms with E-state index in [0.29, 0.717) is 12.8 Å². The number of likely N-dealkylation sites (tertiary alicyclic amines) is 1. The van der Waals surface area contributed by atoms with E-state index in [1.165, 1.54) is 4.90 Å². The van der Waals surface area contributed by atoms with Crippen LogP contribution in [0, 0.1) is 0 Å². The van der Waals surface area contributed by atoms with Gasteiger partial charge in [0, 0.05) is 12.1 Å². The van der Waals surface area contributed by atoms with E-state index in [2.05, 4.69) is 16.0 Å². The number of aliphatic hydroxyl groups excluding tert-OH is 1. The fourth-order valence-electron chi connectivity index (χ4n) is 5.73. The van der Waals surface area contributed by atoms with E-state index in [9.17, 15) is 29.1 Å². The fourth-order valence-corrected chi connectivity index (χ4v) is 5.73. The Bertz CT molecular complexity index is 1610. The highest BCUT2D eigenvalue weighted by Crippen LogP contribution is 2.21. The average Bonchev–Trinajstić information content (AvgIpc) is 3.53. The molecule has 0 saturated carbocycles. The predicted molar refractivity (Wildman–Crippen MR) is 180 cm³/mol. The van der Waals surface area contributed by atoms with Crippen molar-refractivity contribution in [2.24, 2.45) is 5.73 Å². The lowest BCUT2D eigenvalue weighted by Gasteiger charge is -2.32. The summed E-state index contributed by atoms with van der Waals surface area (Å²) in [4.78, 5) is 66.2. The van der Waals surface area contributed by atoms with Gasteiger partial charge in [-0.05, 0) is 68.0 Å². The molecule has 12 nitrogen and oxygen atoms in total. The van der Waals surface area contributed by atoms with Crippen molar-refractivity contribution in [1.29, 1.82) is 0 Å². The first-order valence-electron chi connectivity index (χ1n) is 16.1. The number of nitrogens with two attached hydrogens (primary N) is 1. The topological polar surface area (TPSA) is 180 Å². The maximum atomic E-state index is 13.7. The Morgan fingerprint density at radius 3 is 2.31 bits per heavy atom. The number of amides is 5. The van der Waals surface area contributed by atoms with Gasteiger partial charge in [-0.2, -0.15) is 0 Å². The van der Waals surface area contributed by atoms with Crippen molar-refractivity contribution in [3.8, 4) is 0 Å². The van der Waals surface area contributed by atoms with Crippen LogP contribution in [0.25, 0.3) is 10.8 Å². The number of nitrogens with zero attached hydrogens (tertiary/aromatic N) is 1. The number of aliphatic hydroxyl groups is 1. The standard InChI is InChI=1S/C36H45N5O7/c1-36(2,3)40-34(46)29-14-9-17-41(29)35(47)32(44)27(19-23-10-5-4-6-11-23)39-33(45)28(20-30(37)42)38-31(43)22-48-21-24-15-16-25-12-7-8-13-26(25)18-24/h4-8,10-13,15-16,18,27-29,32,44H,9,14,17,19-22H2,1-3H3,(H2,37,42)(H,38,43)(H,39,45)(H,40,46)/t27-,28-,29-,32-/m0/s1. The van der Waals surface area contributed by atoms with Gasteiger partial charge < -0.3 is 36.4 Å². The first-order chi connectivity index (χ1) is 22.8.